The van der Waals surface area contributed by atoms with Crippen LogP contribution in [0, 0.1) is 5.92 Å². The van der Waals surface area contributed by atoms with Crippen molar-refractivity contribution in [2.24, 2.45) is 5.92 Å². The lowest BCUT2D eigenvalue weighted by Crippen LogP contribution is -2.35. The summed E-state index contributed by atoms with van der Waals surface area (Å²) in [5, 5.41) is 3.35. The number of amides is 1. The first kappa shape index (κ1) is 17.4. The summed E-state index contributed by atoms with van der Waals surface area (Å²) in [6.07, 6.45) is 2.76. The Balaban J connectivity index is 2.61. The van der Waals surface area contributed by atoms with Gasteiger partial charge in [0.15, 0.2) is 0 Å². The van der Waals surface area contributed by atoms with Gasteiger partial charge in [-0.15, -0.1) is 0 Å². The number of carbonyl (C=O) groups excluding carboxylic acids is 1. The van der Waals surface area contributed by atoms with Crippen LogP contribution < -0.4 is 5.32 Å². The third-order valence-electron chi connectivity index (χ3n) is 3.41. The number of carbonyl (C=O) groups is 1. The fourth-order valence-electron chi connectivity index (χ4n) is 2.13. The monoisotopic (exact) mass is 292 g/mol. The molecule has 118 valence electrons. The molecule has 1 rings (SSSR count). The molecular formula is C16H28N4O. The lowest BCUT2D eigenvalue weighted by Gasteiger charge is -2.26. The Morgan fingerprint density at radius 3 is 2.33 bits per heavy atom. The molecule has 0 radical (unpaired) electrons. The fourth-order valence-corrected chi connectivity index (χ4v) is 2.13. The Morgan fingerprint density at radius 1 is 1.24 bits per heavy atom. The molecule has 1 aromatic rings. The van der Waals surface area contributed by atoms with Crippen molar-refractivity contribution in [1.82, 2.24) is 14.8 Å². The van der Waals surface area contributed by atoms with Crippen molar-refractivity contribution >= 4 is 11.7 Å². The quantitative estimate of drug-likeness (QED) is 0.837. The number of nitrogens with zero attached hydrogens (tertiary/aromatic N) is 3. The molecular weight excluding hydrogens is 264 g/mol. The largest absolute Gasteiger partial charge is 0.369 e. The molecule has 0 spiro atoms. The fraction of sp³-hybridized carbons (Fsp3) is 0.625. The van der Waals surface area contributed by atoms with Crippen LogP contribution in [0.3, 0.4) is 0 Å². The maximum atomic E-state index is 11.8. The van der Waals surface area contributed by atoms with E-state index in [1.54, 1.807) is 25.2 Å². The number of pyridine rings is 1. The molecule has 1 atom stereocenters. The summed E-state index contributed by atoms with van der Waals surface area (Å²) in [4.78, 5) is 19.9. The van der Waals surface area contributed by atoms with E-state index < -0.39 is 0 Å². The zero-order chi connectivity index (χ0) is 16.0. The van der Waals surface area contributed by atoms with Crippen LogP contribution in [0.2, 0.25) is 0 Å². The van der Waals surface area contributed by atoms with Crippen LogP contribution in [0.15, 0.2) is 18.3 Å². The van der Waals surface area contributed by atoms with Gasteiger partial charge in [0.1, 0.15) is 5.82 Å². The molecule has 0 fully saturated rings. The van der Waals surface area contributed by atoms with E-state index in [1.165, 1.54) is 0 Å². The average molecular weight is 292 g/mol. The van der Waals surface area contributed by atoms with Gasteiger partial charge in [-0.3, -0.25) is 4.79 Å². The standard InChI is InChI=1S/C16H28N4O/c1-12(2)9-14(19(3)4)11-18-15-8-7-13(10-17-15)16(21)20(5)6/h7-8,10,12,14H,9,11H2,1-6H3,(H,17,18). The van der Waals surface area contributed by atoms with E-state index in [4.69, 9.17) is 0 Å². The van der Waals surface area contributed by atoms with E-state index in [0.717, 1.165) is 18.8 Å². The van der Waals surface area contributed by atoms with Gasteiger partial charge in [-0.05, 0) is 38.6 Å². The van der Waals surface area contributed by atoms with Crippen molar-refractivity contribution in [1.29, 1.82) is 0 Å². The molecule has 0 aliphatic rings. The summed E-state index contributed by atoms with van der Waals surface area (Å²) in [5.74, 6) is 1.44. The maximum absolute atomic E-state index is 11.8. The minimum absolute atomic E-state index is 0.0278. The lowest BCUT2D eigenvalue weighted by molar-refractivity contribution is 0.0827. The SMILES string of the molecule is CC(C)CC(CNc1ccc(C(=O)N(C)C)cn1)N(C)C. The van der Waals surface area contributed by atoms with E-state index in [2.05, 4.69) is 43.1 Å². The van der Waals surface area contributed by atoms with E-state index in [9.17, 15) is 4.79 Å². The van der Waals surface area contributed by atoms with Crippen molar-refractivity contribution in [3.8, 4) is 0 Å². The molecule has 0 aliphatic heterocycles. The number of anilines is 1. The van der Waals surface area contributed by atoms with Gasteiger partial charge in [0.2, 0.25) is 0 Å². The molecule has 5 heteroatoms. The molecule has 21 heavy (non-hydrogen) atoms. The van der Waals surface area contributed by atoms with E-state index in [0.29, 0.717) is 17.5 Å². The summed E-state index contributed by atoms with van der Waals surface area (Å²) in [6.45, 7) is 5.31. The zero-order valence-electron chi connectivity index (χ0n) is 14.1. The molecule has 0 aliphatic carbocycles. The first-order chi connectivity index (χ1) is 9.81. The highest BCUT2D eigenvalue weighted by Crippen LogP contribution is 2.11. The molecule has 0 saturated heterocycles. The second-order valence-corrected chi connectivity index (χ2v) is 6.26. The predicted molar refractivity (Wildman–Crippen MR) is 87.7 cm³/mol. The number of hydrogen-bond acceptors (Lipinski definition) is 4. The van der Waals surface area contributed by atoms with Gasteiger partial charge in [-0.2, -0.15) is 0 Å². The van der Waals surface area contributed by atoms with Gasteiger partial charge < -0.3 is 15.1 Å². The number of aromatic nitrogens is 1. The number of hydrogen-bond donors (Lipinski definition) is 1. The molecule has 1 unspecified atom stereocenters. The summed E-state index contributed by atoms with van der Waals surface area (Å²) in [5.41, 5.74) is 0.608. The predicted octanol–water partition coefficient (Wildman–Crippen LogP) is 2.17. The minimum Gasteiger partial charge on any atom is -0.369 e. The van der Waals surface area contributed by atoms with Crippen LogP contribution in [0.4, 0.5) is 5.82 Å². The Morgan fingerprint density at radius 2 is 1.90 bits per heavy atom. The Labute approximate surface area is 128 Å². The summed E-state index contributed by atoms with van der Waals surface area (Å²) < 4.78 is 0. The average Bonchev–Trinajstić information content (AvgIpc) is 2.42. The van der Waals surface area contributed by atoms with Crippen LogP contribution in [-0.2, 0) is 0 Å². The van der Waals surface area contributed by atoms with Gasteiger partial charge in [-0.25, -0.2) is 4.98 Å². The first-order valence-electron chi connectivity index (χ1n) is 7.39. The van der Waals surface area contributed by atoms with Crippen LogP contribution in [0.25, 0.3) is 0 Å². The molecule has 0 bridgehead atoms. The summed E-state index contributed by atoms with van der Waals surface area (Å²) in [6, 6.07) is 4.14. The third kappa shape index (κ3) is 5.71. The van der Waals surface area contributed by atoms with Crippen LogP contribution >= 0.6 is 0 Å². The number of likely N-dealkylation sites (N-methyl/N-ethyl adjacent to an activating group) is 1. The molecule has 0 aromatic carbocycles. The Hall–Kier alpha value is -1.62. The van der Waals surface area contributed by atoms with Crippen molar-refractivity contribution in [2.75, 3.05) is 40.1 Å². The van der Waals surface area contributed by atoms with Gasteiger partial charge in [0, 0.05) is 32.9 Å². The second-order valence-electron chi connectivity index (χ2n) is 6.26. The van der Waals surface area contributed by atoms with Crippen molar-refractivity contribution in [3.63, 3.8) is 0 Å². The smallest absolute Gasteiger partial charge is 0.254 e. The summed E-state index contributed by atoms with van der Waals surface area (Å²) in [7, 11) is 7.67. The summed E-state index contributed by atoms with van der Waals surface area (Å²) >= 11 is 0. The van der Waals surface area contributed by atoms with E-state index in [1.807, 2.05) is 12.1 Å². The van der Waals surface area contributed by atoms with Crippen LogP contribution in [0.5, 0.6) is 0 Å². The molecule has 5 nitrogen and oxygen atoms in total. The van der Waals surface area contributed by atoms with Gasteiger partial charge in [0.05, 0.1) is 5.56 Å². The molecule has 1 amide bonds. The van der Waals surface area contributed by atoms with E-state index >= 15 is 0 Å². The van der Waals surface area contributed by atoms with Crippen LogP contribution in [0.1, 0.15) is 30.6 Å². The third-order valence-corrected chi connectivity index (χ3v) is 3.41. The van der Waals surface area contributed by atoms with Gasteiger partial charge >= 0.3 is 0 Å². The Kier molecular flexibility index (Phi) is 6.62. The number of nitrogens with one attached hydrogen (secondary N) is 1. The highest BCUT2D eigenvalue weighted by atomic mass is 16.2. The normalized spacial score (nSPS) is 12.6. The molecule has 0 saturated carbocycles. The van der Waals surface area contributed by atoms with Crippen molar-refractivity contribution < 1.29 is 4.79 Å². The number of rotatable bonds is 7. The first-order valence-corrected chi connectivity index (χ1v) is 7.39. The minimum atomic E-state index is -0.0278. The van der Waals surface area contributed by atoms with Crippen LogP contribution in [-0.4, -0.2) is 61.5 Å². The Bertz CT molecular complexity index is 440. The van der Waals surface area contributed by atoms with Crippen molar-refractivity contribution in [3.05, 3.63) is 23.9 Å². The highest BCUT2D eigenvalue weighted by Gasteiger charge is 2.13. The topological polar surface area (TPSA) is 48.5 Å². The maximum Gasteiger partial charge on any atom is 0.254 e. The van der Waals surface area contributed by atoms with Gasteiger partial charge in [0.25, 0.3) is 5.91 Å². The molecule has 1 N–H and O–H groups in total. The zero-order valence-corrected chi connectivity index (χ0v) is 14.1. The second kappa shape index (κ2) is 7.98. The lowest BCUT2D eigenvalue weighted by atomic mass is 10.0. The van der Waals surface area contributed by atoms with E-state index in [-0.39, 0.29) is 5.91 Å². The molecule has 1 aromatic heterocycles. The van der Waals surface area contributed by atoms with Gasteiger partial charge in [-0.1, -0.05) is 13.8 Å². The highest BCUT2D eigenvalue weighted by molar-refractivity contribution is 5.93. The van der Waals surface area contributed by atoms with Crippen molar-refractivity contribution in [2.45, 2.75) is 26.3 Å². The molecule has 1 heterocycles.